The first-order chi connectivity index (χ1) is 13.6. The van der Waals surface area contributed by atoms with Gasteiger partial charge in [-0.05, 0) is 45.4 Å². The van der Waals surface area contributed by atoms with Crippen molar-refractivity contribution in [3.8, 4) is 0 Å². The van der Waals surface area contributed by atoms with Crippen molar-refractivity contribution in [2.24, 2.45) is 5.92 Å². The van der Waals surface area contributed by atoms with Crippen LogP contribution in [0.15, 0.2) is 0 Å². The van der Waals surface area contributed by atoms with E-state index < -0.39 is 36.1 Å². The largest absolute Gasteiger partial charge is 0.451 e. The molecule has 8 nitrogen and oxygen atoms in total. The van der Waals surface area contributed by atoms with Crippen molar-refractivity contribution in [2.45, 2.75) is 96.7 Å². The van der Waals surface area contributed by atoms with E-state index in [0.29, 0.717) is 12.3 Å². The third kappa shape index (κ3) is 6.44. The molecule has 4 amide bonds. The molecule has 29 heavy (non-hydrogen) atoms. The summed E-state index contributed by atoms with van der Waals surface area (Å²) in [6.07, 6.45) is 6.70. The van der Waals surface area contributed by atoms with Crippen molar-refractivity contribution in [3.05, 3.63) is 0 Å². The zero-order valence-electron chi connectivity index (χ0n) is 18.1. The maximum absolute atomic E-state index is 12.7. The Morgan fingerprint density at radius 3 is 2.38 bits per heavy atom. The lowest BCUT2D eigenvalue weighted by molar-refractivity contribution is -0.156. The second kappa shape index (κ2) is 10.1. The van der Waals surface area contributed by atoms with Crippen LogP contribution in [0.1, 0.15) is 79.1 Å². The molecule has 2 aliphatic rings. The first-order valence-electron chi connectivity index (χ1n) is 10.8. The number of urea groups is 1. The molecule has 1 aliphatic carbocycles. The number of nitrogens with one attached hydrogen (secondary N) is 2. The van der Waals surface area contributed by atoms with Gasteiger partial charge in [0, 0.05) is 6.04 Å². The second-order valence-electron chi connectivity index (χ2n) is 8.92. The van der Waals surface area contributed by atoms with Crippen molar-refractivity contribution in [2.75, 3.05) is 6.54 Å². The summed E-state index contributed by atoms with van der Waals surface area (Å²) in [5.41, 5.74) is -1.01. The quantitative estimate of drug-likeness (QED) is 0.364. The van der Waals surface area contributed by atoms with Crippen molar-refractivity contribution in [1.29, 1.82) is 0 Å². The molecule has 2 fully saturated rings. The SMILES string of the molecule is CC(C)CC[C@@]1(C)NC(=O)N(CC(=O)O[C@@H](C)C(=O)NC2CCCCCC2)C1=O. The fourth-order valence-electron chi connectivity index (χ4n) is 3.80. The lowest BCUT2D eigenvalue weighted by Gasteiger charge is -2.23. The summed E-state index contributed by atoms with van der Waals surface area (Å²) in [6.45, 7) is 6.76. The number of nitrogens with zero attached hydrogens (tertiary/aromatic N) is 1. The van der Waals surface area contributed by atoms with Crippen LogP contribution in [0, 0.1) is 5.92 Å². The van der Waals surface area contributed by atoms with Gasteiger partial charge in [0.05, 0.1) is 0 Å². The van der Waals surface area contributed by atoms with Crippen LogP contribution in [0.2, 0.25) is 0 Å². The number of hydrogen-bond acceptors (Lipinski definition) is 5. The van der Waals surface area contributed by atoms with E-state index in [1.165, 1.54) is 19.8 Å². The van der Waals surface area contributed by atoms with Crippen molar-refractivity contribution in [3.63, 3.8) is 0 Å². The molecule has 1 heterocycles. The minimum Gasteiger partial charge on any atom is -0.451 e. The number of carbonyl (C=O) groups is 4. The summed E-state index contributed by atoms with van der Waals surface area (Å²) >= 11 is 0. The molecule has 1 saturated carbocycles. The minimum atomic E-state index is -1.01. The van der Waals surface area contributed by atoms with Gasteiger partial charge in [-0.2, -0.15) is 0 Å². The molecule has 2 atom stereocenters. The highest BCUT2D eigenvalue weighted by molar-refractivity contribution is 6.08. The average Bonchev–Trinajstić information content (AvgIpc) is 2.83. The number of ether oxygens (including phenoxy) is 1. The van der Waals surface area contributed by atoms with E-state index in [4.69, 9.17) is 4.74 Å². The lowest BCUT2D eigenvalue weighted by Crippen LogP contribution is -2.45. The van der Waals surface area contributed by atoms with Gasteiger partial charge in [-0.25, -0.2) is 4.79 Å². The van der Waals surface area contributed by atoms with Crippen LogP contribution in [-0.4, -0.2) is 52.9 Å². The van der Waals surface area contributed by atoms with Gasteiger partial charge in [0.15, 0.2) is 6.10 Å². The van der Waals surface area contributed by atoms with Crippen LogP contribution in [0.4, 0.5) is 4.79 Å². The molecule has 8 heteroatoms. The van der Waals surface area contributed by atoms with Crippen LogP contribution in [-0.2, 0) is 19.1 Å². The van der Waals surface area contributed by atoms with E-state index in [0.717, 1.165) is 37.0 Å². The third-order valence-corrected chi connectivity index (χ3v) is 5.73. The van der Waals surface area contributed by atoms with Crippen molar-refractivity contribution < 1.29 is 23.9 Å². The van der Waals surface area contributed by atoms with Gasteiger partial charge < -0.3 is 15.4 Å². The summed E-state index contributed by atoms with van der Waals surface area (Å²) in [6, 6.07) is -0.493. The zero-order chi connectivity index (χ0) is 21.6. The molecular formula is C21H35N3O5. The molecule has 0 aromatic heterocycles. The van der Waals surface area contributed by atoms with Crippen molar-refractivity contribution >= 4 is 23.8 Å². The molecule has 1 aliphatic heterocycles. The Morgan fingerprint density at radius 2 is 1.79 bits per heavy atom. The van der Waals surface area contributed by atoms with Crippen LogP contribution in [0.5, 0.6) is 0 Å². The number of carbonyl (C=O) groups excluding carboxylic acids is 4. The molecule has 0 spiro atoms. The molecule has 0 bridgehead atoms. The average molecular weight is 410 g/mol. The summed E-state index contributed by atoms with van der Waals surface area (Å²) in [7, 11) is 0. The number of hydrogen-bond donors (Lipinski definition) is 2. The molecule has 1 saturated heterocycles. The minimum absolute atomic E-state index is 0.110. The second-order valence-corrected chi connectivity index (χ2v) is 8.92. The molecule has 2 N–H and O–H groups in total. The van der Waals surface area contributed by atoms with Gasteiger partial charge in [-0.1, -0.05) is 39.5 Å². The highest BCUT2D eigenvalue weighted by Crippen LogP contribution is 2.24. The summed E-state index contributed by atoms with van der Waals surface area (Å²) in [5.74, 6) is -1.16. The smallest absolute Gasteiger partial charge is 0.327 e. The molecular weight excluding hydrogens is 374 g/mol. The Kier molecular flexibility index (Phi) is 8.05. The van der Waals surface area contributed by atoms with E-state index in [2.05, 4.69) is 10.6 Å². The molecule has 0 aromatic carbocycles. The lowest BCUT2D eigenvalue weighted by atomic mass is 9.92. The van der Waals surface area contributed by atoms with Gasteiger partial charge in [0.25, 0.3) is 11.8 Å². The molecule has 0 unspecified atom stereocenters. The molecule has 2 rings (SSSR count). The van der Waals surface area contributed by atoms with Gasteiger partial charge >= 0.3 is 12.0 Å². The van der Waals surface area contributed by atoms with Crippen LogP contribution in [0.25, 0.3) is 0 Å². The number of amides is 4. The molecule has 0 radical (unpaired) electrons. The topological polar surface area (TPSA) is 105 Å². The Balaban J connectivity index is 1.85. The van der Waals surface area contributed by atoms with Gasteiger partial charge in [-0.3, -0.25) is 19.3 Å². The van der Waals surface area contributed by atoms with E-state index in [-0.39, 0.29) is 11.9 Å². The molecule has 164 valence electrons. The highest BCUT2D eigenvalue weighted by atomic mass is 16.5. The van der Waals surface area contributed by atoms with Gasteiger partial charge in [-0.15, -0.1) is 0 Å². The van der Waals surface area contributed by atoms with E-state index in [1.807, 2.05) is 13.8 Å². The van der Waals surface area contributed by atoms with Crippen LogP contribution < -0.4 is 10.6 Å². The Bertz CT molecular complexity index is 628. The summed E-state index contributed by atoms with van der Waals surface area (Å²) < 4.78 is 5.19. The Hall–Kier alpha value is -2.12. The Labute approximate surface area is 173 Å². The predicted molar refractivity (Wildman–Crippen MR) is 108 cm³/mol. The summed E-state index contributed by atoms with van der Waals surface area (Å²) in [5, 5.41) is 5.62. The highest BCUT2D eigenvalue weighted by Gasteiger charge is 2.48. The van der Waals surface area contributed by atoms with Crippen molar-refractivity contribution in [1.82, 2.24) is 15.5 Å². The van der Waals surface area contributed by atoms with Crippen LogP contribution in [0.3, 0.4) is 0 Å². The fraction of sp³-hybridized carbons (Fsp3) is 0.810. The number of imide groups is 1. The maximum atomic E-state index is 12.7. The predicted octanol–water partition coefficient (Wildman–Crippen LogP) is 2.50. The molecule has 0 aromatic rings. The third-order valence-electron chi connectivity index (χ3n) is 5.73. The maximum Gasteiger partial charge on any atom is 0.327 e. The van der Waals surface area contributed by atoms with E-state index >= 15 is 0 Å². The summed E-state index contributed by atoms with van der Waals surface area (Å²) in [4.78, 5) is 50.3. The standard InChI is InChI=1S/C21H35N3O5/c1-14(2)11-12-21(4)19(27)24(20(28)23-21)13-17(25)29-15(3)18(26)22-16-9-7-5-6-8-10-16/h14-16H,5-13H2,1-4H3,(H,22,26)(H,23,28)/t15-,21+/m0/s1. The van der Waals surface area contributed by atoms with E-state index in [1.54, 1.807) is 6.92 Å². The van der Waals surface area contributed by atoms with Gasteiger partial charge in [0.2, 0.25) is 0 Å². The van der Waals surface area contributed by atoms with E-state index in [9.17, 15) is 19.2 Å². The number of rotatable bonds is 8. The first kappa shape index (κ1) is 23.2. The first-order valence-corrected chi connectivity index (χ1v) is 10.8. The number of esters is 1. The zero-order valence-corrected chi connectivity index (χ0v) is 18.1. The van der Waals surface area contributed by atoms with Crippen LogP contribution >= 0.6 is 0 Å². The van der Waals surface area contributed by atoms with Gasteiger partial charge in [0.1, 0.15) is 12.1 Å². The monoisotopic (exact) mass is 409 g/mol. The normalized spacial score (nSPS) is 24.2. The Morgan fingerprint density at radius 1 is 1.17 bits per heavy atom. The fourth-order valence-corrected chi connectivity index (χ4v) is 3.80.